The average Bonchev–Trinajstić information content (AvgIpc) is 3.11. The topological polar surface area (TPSA) is 83.8 Å². The van der Waals surface area contributed by atoms with E-state index in [0.717, 1.165) is 40.7 Å². The molecule has 0 bridgehead atoms. The smallest absolute Gasteiger partial charge is 0.335 e. The van der Waals surface area contributed by atoms with Crippen LogP contribution in [0.25, 0.3) is 22.7 Å². The minimum absolute atomic E-state index is 0.0197. The van der Waals surface area contributed by atoms with E-state index in [1.165, 1.54) is 12.0 Å². The second-order valence-electron chi connectivity index (χ2n) is 9.62. The molecule has 7 heteroatoms. The van der Waals surface area contributed by atoms with Gasteiger partial charge in [-0.15, -0.1) is 0 Å². The monoisotopic (exact) mass is 491 g/mol. The number of carboxylic acids is 1. The summed E-state index contributed by atoms with van der Waals surface area (Å²) >= 11 is 0. The van der Waals surface area contributed by atoms with Crippen LogP contribution in [0.4, 0.5) is 0 Å². The highest BCUT2D eigenvalue weighted by Crippen LogP contribution is 2.43. The number of amides is 1. The fraction of sp³-hybridized carbons (Fsp3) is 0.448. The summed E-state index contributed by atoms with van der Waals surface area (Å²) in [6.07, 6.45) is 8.89. The summed E-state index contributed by atoms with van der Waals surface area (Å²) in [5.74, 6) is -0.668. The van der Waals surface area contributed by atoms with Gasteiger partial charge in [0.15, 0.2) is 0 Å². The first-order valence-electron chi connectivity index (χ1n) is 13.0. The van der Waals surface area contributed by atoms with Gasteiger partial charge in [-0.3, -0.25) is 4.79 Å². The maximum Gasteiger partial charge on any atom is 0.335 e. The molecule has 192 valence electrons. The van der Waals surface area contributed by atoms with Crippen molar-refractivity contribution in [3.63, 3.8) is 0 Å². The number of hydrogen-bond acceptors (Lipinski definition) is 4. The Morgan fingerprint density at radius 2 is 1.89 bits per heavy atom. The zero-order valence-electron chi connectivity index (χ0n) is 21.8. The molecule has 1 atom stereocenters. The largest absolute Gasteiger partial charge is 0.478 e. The van der Waals surface area contributed by atoms with Crippen molar-refractivity contribution in [3.8, 4) is 0 Å². The molecule has 1 amide bonds. The Bertz CT molecular complexity index is 1240. The van der Waals surface area contributed by atoms with Crippen molar-refractivity contribution < 1.29 is 19.4 Å². The van der Waals surface area contributed by atoms with Gasteiger partial charge in [-0.2, -0.15) is 0 Å². The minimum Gasteiger partial charge on any atom is -0.478 e. The SMILES string of the molecule is CCC.CCC(C)c1c2n(c3cc(C(=O)O)ccc13)C=C(C(=O)N1CCOCC1)CC1=CCNC=C12. The molecule has 1 saturated heterocycles. The number of dihydropyridines is 1. The molecule has 0 radical (unpaired) electrons. The molecule has 5 rings (SSSR count). The molecule has 1 fully saturated rings. The molecule has 1 aromatic carbocycles. The van der Waals surface area contributed by atoms with Gasteiger partial charge in [0.1, 0.15) is 0 Å². The highest BCUT2D eigenvalue weighted by Gasteiger charge is 2.31. The van der Waals surface area contributed by atoms with Crippen LogP contribution in [0.2, 0.25) is 0 Å². The van der Waals surface area contributed by atoms with E-state index in [4.69, 9.17) is 4.74 Å². The van der Waals surface area contributed by atoms with Crippen LogP contribution in [0, 0.1) is 0 Å². The Hall–Kier alpha value is -3.32. The van der Waals surface area contributed by atoms with E-state index in [0.29, 0.717) is 38.3 Å². The van der Waals surface area contributed by atoms with E-state index in [1.54, 1.807) is 12.1 Å². The molecule has 0 saturated carbocycles. The number of nitrogens with zero attached hydrogens (tertiary/aromatic N) is 2. The molecule has 3 aliphatic rings. The van der Waals surface area contributed by atoms with E-state index in [1.807, 2.05) is 23.4 Å². The normalized spacial score (nSPS) is 17.8. The van der Waals surface area contributed by atoms with E-state index >= 15 is 0 Å². The van der Waals surface area contributed by atoms with Crippen molar-refractivity contribution in [2.75, 3.05) is 32.8 Å². The third-order valence-electron chi connectivity index (χ3n) is 6.95. The Morgan fingerprint density at radius 3 is 2.56 bits per heavy atom. The lowest BCUT2D eigenvalue weighted by atomic mass is 9.88. The van der Waals surface area contributed by atoms with Crippen LogP contribution in [0.5, 0.6) is 0 Å². The predicted molar refractivity (Wildman–Crippen MR) is 144 cm³/mol. The maximum absolute atomic E-state index is 13.5. The van der Waals surface area contributed by atoms with Gasteiger partial charge in [-0.05, 0) is 35.6 Å². The van der Waals surface area contributed by atoms with Gasteiger partial charge < -0.3 is 24.6 Å². The summed E-state index contributed by atoms with van der Waals surface area (Å²) in [5.41, 5.74) is 6.22. The summed E-state index contributed by atoms with van der Waals surface area (Å²) in [6.45, 7) is 11.6. The van der Waals surface area contributed by atoms with Crippen molar-refractivity contribution in [2.24, 2.45) is 0 Å². The standard InChI is InChI=1S/C26H29N3O4.C3H8/c1-3-16(2)23-20-5-4-18(26(31)32)13-22(20)29-15-19(25(30)28-8-10-33-11-9-28)12-17-6-7-27-14-21(17)24(23)29;1-3-2/h4-6,13-16,27H,3,7-12H2,1-2H3,(H,31,32);3H2,1-2H3. The van der Waals surface area contributed by atoms with Gasteiger partial charge in [-0.1, -0.05) is 46.3 Å². The van der Waals surface area contributed by atoms with Crippen molar-refractivity contribution >= 4 is 34.6 Å². The van der Waals surface area contributed by atoms with E-state index < -0.39 is 5.97 Å². The number of aromatic carboxylic acids is 1. The first kappa shape index (κ1) is 25.8. The number of allylic oxidation sites excluding steroid dienone is 2. The predicted octanol–water partition coefficient (Wildman–Crippen LogP) is 5.24. The average molecular weight is 492 g/mol. The van der Waals surface area contributed by atoms with E-state index in [-0.39, 0.29) is 17.4 Å². The second-order valence-corrected chi connectivity index (χ2v) is 9.62. The molecule has 1 unspecified atom stereocenters. The number of ether oxygens (including phenoxy) is 1. The van der Waals surface area contributed by atoms with Crippen LogP contribution < -0.4 is 5.32 Å². The first-order valence-corrected chi connectivity index (χ1v) is 13.0. The molecule has 36 heavy (non-hydrogen) atoms. The fourth-order valence-corrected chi connectivity index (χ4v) is 5.02. The molecule has 2 N–H and O–H groups in total. The Kier molecular flexibility index (Phi) is 7.99. The van der Waals surface area contributed by atoms with Crippen LogP contribution in [-0.2, 0) is 9.53 Å². The second kappa shape index (κ2) is 11.2. The van der Waals surface area contributed by atoms with Gasteiger partial charge in [0.05, 0.1) is 30.0 Å². The minimum atomic E-state index is -0.959. The lowest BCUT2D eigenvalue weighted by Crippen LogP contribution is -2.41. The summed E-state index contributed by atoms with van der Waals surface area (Å²) in [6, 6.07) is 5.31. The summed E-state index contributed by atoms with van der Waals surface area (Å²) in [7, 11) is 0. The van der Waals surface area contributed by atoms with Gasteiger partial charge in [0.25, 0.3) is 5.91 Å². The number of rotatable bonds is 4. The van der Waals surface area contributed by atoms with Crippen LogP contribution >= 0.6 is 0 Å². The Balaban J connectivity index is 0.000000967. The number of carbonyl (C=O) groups is 2. The molecule has 0 aliphatic carbocycles. The van der Waals surface area contributed by atoms with E-state index in [2.05, 4.69) is 43.7 Å². The van der Waals surface area contributed by atoms with Gasteiger partial charge in [0.2, 0.25) is 0 Å². The Morgan fingerprint density at radius 1 is 1.17 bits per heavy atom. The van der Waals surface area contributed by atoms with Gasteiger partial charge in [0, 0.05) is 55.0 Å². The number of hydrogen-bond donors (Lipinski definition) is 2. The molecule has 3 aliphatic heterocycles. The molecular weight excluding hydrogens is 454 g/mol. The number of morpholine rings is 1. The van der Waals surface area contributed by atoms with Crippen molar-refractivity contribution in [3.05, 3.63) is 58.4 Å². The molecule has 7 nitrogen and oxygen atoms in total. The van der Waals surface area contributed by atoms with Crippen LogP contribution in [-0.4, -0.2) is 59.3 Å². The van der Waals surface area contributed by atoms with Crippen LogP contribution in [0.1, 0.15) is 74.5 Å². The molecular formula is C29H37N3O4. The van der Waals surface area contributed by atoms with Gasteiger partial charge >= 0.3 is 5.97 Å². The molecule has 4 heterocycles. The highest BCUT2D eigenvalue weighted by atomic mass is 16.5. The maximum atomic E-state index is 13.5. The van der Waals surface area contributed by atoms with Crippen molar-refractivity contribution in [1.82, 2.24) is 14.8 Å². The third-order valence-corrected chi connectivity index (χ3v) is 6.95. The quantitative estimate of drug-likeness (QED) is 0.611. The Labute approximate surface area is 213 Å². The van der Waals surface area contributed by atoms with Crippen LogP contribution in [0.3, 0.4) is 0 Å². The van der Waals surface area contributed by atoms with Gasteiger partial charge in [-0.25, -0.2) is 4.79 Å². The lowest BCUT2D eigenvalue weighted by molar-refractivity contribution is -0.131. The fourth-order valence-electron chi connectivity index (χ4n) is 5.02. The zero-order valence-corrected chi connectivity index (χ0v) is 21.8. The highest BCUT2D eigenvalue weighted by molar-refractivity contribution is 6.04. The third kappa shape index (κ3) is 4.85. The molecule has 2 aromatic rings. The number of nitrogens with one attached hydrogen (secondary N) is 1. The number of aromatic nitrogens is 1. The van der Waals surface area contributed by atoms with E-state index in [9.17, 15) is 14.7 Å². The number of benzene rings is 1. The molecule has 1 aromatic heterocycles. The van der Waals surface area contributed by atoms with Crippen molar-refractivity contribution in [2.45, 2.75) is 52.9 Å². The first-order chi connectivity index (χ1) is 17.4. The zero-order chi connectivity index (χ0) is 25.8. The lowest BCUT2D eigenvalue weighted by Gasteiger charge is -2.28. The van der Waals surface area contributed by atoms with Crippen molar-refractivity contribution in [1.29, 1.82) is 0 Å². The number of carboxylic acid groups (broad SMARTS) is 1. The summed E-state index contributed by atoms with van der Waals surface area (Å²) in [5, 5.41) is 14.0. The molecule has 0 spiro atoms. The number of carbonyl (C=O) groups excluding carboxylic acids is 1. The summed E-state index contributed by atoms with van der Waals surface area (Å²) in [4.78, 5) is 27.1. The summed E-state index contributed by atoms with van der Waals surface area (Å²) < 4.78 is 7.49. The van der Waals surface area contributed by atoms with Crippen LogP contribution in [0.15, 0.2) is 41.6 Å². The number of fused-ring (bicyclic) bond motifs is 5.